The summed E-state index contributed by atoms with van der Waals surface area (Å²) < 4.78 is 11.7. The number of hydrogen-bond acceptors (Lipinski definition) is 5. The molecular formula is C19H19BrN2O3. The number of nitrogens with zero attached hydrogens (tertiary/aromatic N) is 1. The third-order valence-electron chi connectivity index (χ3n) is 4.16. The van der Waals surface area contributed by atoms with Crippen LogP contribution in [0.3, 0.4) is 0 Å². The first-order chi connectivity index (χ1) is 12.1. The van der Waals surface area contributed by atoms with Crippen molar-refractivity contribution in [3.63, 3.8) is 0 Å². The summed E-state index contributed by atoms with van der Waals surface area (Å²) in [5.74, 6) is -0.195. The van der Waals surface area contributed by atoms with E-state index >= 15 is 0 Å². The summed E-state index contributed by atoms with van der Waals surface area (Å²) >= 11 is 3.61. The smallest absolute Gasteiger partial charge is 0.336 e. The molecule has 25 heavy (non-hydrogen) atoms. The van der Waals surface area contributed by atoms with Crippen molar-refractivity contribution >= 4 is 27.6 Å². The van der Waals surface area contributed by atoms with Gasteiger partial charge in [0.15, 0.2) is 0 Å². The molecule has 1 aliphatic rings. The van der Waals surface area contributed by atoms with E-state index in [1.165, 1.54) is 7.11 Å². The molecule has 1 unspecified atom stereocenters. The third kappa shape index (κ3) is 3.14. The molecule has 0 amide bonds. The summed E-state index contributed by atoms with van der Waals surface area (Å²) in [5, 5.41) is 3.29. The van der Waals surface area contributed by atoms with E-state index in [0.717, 1.165) is 27.0 Å². The van der Waals surface area contributed by atoms with Gasteiger partial charge in [0.05, 0.1) is 25.2 Å². The molecule has 2 aromatic rings. The standard InChI is InChI=1S/C19H19BrN2O3/c1-4-25-18-17-14(9-10-21-18)22-11(2)15(19(23)24-3)16(17)12-7-5-6-8-13(12)20/h5-10,16,22H,4H2,1-3H3. The summed E-state index contributed by atoms with van der Waals surface area (Å²) in [6.07, 6.45) is 1.70. The number of carbonyl (C=O) groups excluding carboxylic acids is 1. The summed E-state index contributed by atoms with van der Waals surface area (Å²) in [4.78, 5) is 16.9. The van der Waals surface area contributed by atoms with Crippen LogP contribution in [0.25, 0.3) is 0 Å². The number of methoxy groups -OCH3 is 1. The number of aromatic nitrogens is 1. The predicted molar refractivity (Wildman–Crippen MR) is 99.7 cm³/mol. The molecule has 5 nitrogen and oxygen atoms in total. The Kier molecular flexibility index (Phi) is 5.08. The fourth-order valence-corrected chi connectivity index (χ4v) is 3.64. The molecule has 0 aliphatic carbocycles. The van der Waals surface area contributed by atoms with E-state index in [2.05, 4.69) is 26.2 Å². The first-order valence-electron chi connectivity index (χ1n) is 8.00. The van der Waals surface area contributed by atoms with Crippen LogP contribution in [0.15, 0.2) is 52.3 Å². The van der Waals surface area contributed by atoms with Gasteiger partial charge in [0.1, 0.15) is 0 Å². The number of fused-ring (bicyclic) bond motifs is 1. The van der Waals surface area contributed by atoms with Crippen LogP contribution in [0.2, 0.25) is 0 Å². The second-order valence-corrected chi connectivity index (χ2v) is 6.47. The first-order valence-corrected chi connectivity index (χ1v) is 8.80. The van der Waals surface area contributed by atoms with Gasteiger partial charge in [0, 0.05) is 27.6 Å². The van der Waals surface area contributed by atoms with E-state index < -0.39 is 0 Å². The zero-order valence-electron chi connectivity index (χ0n) is 14.3. The lowest BCUT2D eigenvalue weighted by Crippen LogP contribution is -2.25. The molecular weight excluding hydrogens is 384 g/mol. The molecule has 0 radical (unpaired) electrons. The van der Waals surface area contributed by atoms with Gasteiger partial charge in [-0.05, 0) is 31.5 Å². The molecule has 1 atom stereocenters. The monoisotopic (exact) mass is 402 g/mol. The number of hydrogen-bond donors (Lipinski definition) is 1. The van der Waals surface area contributed by atoms with Gasteiger partial charge in [-0.1, -0.05) is 34.1 Å². The number of allylic oxidation sites excluding steroid dienone is 1. The van der Waals surface area contributed by atoms with E-state index in [0.29, 0.717) is 18.1 Å². The molecule has 2 heterocycles. The fraction of sp³-hybridized carbons (Fsp3) is 0.263. The number of anilines is 1. The highest BCUT2D eigenvalue weighted by Crippen LogP contribution is 2.47. The summed E-state index contributed by atoms with van der Waals surface area (Å²) in [7, 11) is 1.39. The van der Waals surface area contributed by atoms with Crippen LogP contribution in [-0.4, -0.2) is 24.7 Å². The molecule has 1 N–H and O–H groups in total. The highest BCUT2D eigenvalue weighted by molar-refractivity contribution is 9.10. The number of nitrogens with one attached hydrogen (secondary N) is 1. The van der Waals surface area contributed by atoms with E-state index in [1.807, 2.05) is 44.2 Å². The average Bonchev–Trinajstić information content (AvgIpc) is 2.61. The number of carbonyl (C=O) groups is 1. The summed E-state index contributed by atoms with van der Waals surface area (Å²) in [5.41, 5.74) is 3.98. The Morgan fingerprint density at radius 1 is 1.32 bits per heavy atom. The molecule has 6 heteroatoms. The number of rotatable bonds is 4. The van der Waals surface area contributed by atoms with Crippen LogP contribution >= 0.6 is 15.9 Å². The van der Waals surface area contributed by atoms with Gasteiger partial charge in [-0.3, -0.25) is 0 Å². The Labute approximate surface area is 155 Å². The molecule has 3 rings (SSSR count). The van der Waals surface area contributed by atoms with Gasteiger partial charge in [-0.2, -0.15) is 0 Å². The van der Waals surface area contributed by atoms with E-state index in [1.54, 1.807) is 6.20 Å². The minimum Gasteiger partial charge on any atom is -0.478 e. The fourth-order valence-electron chi connectivity index (χ4n) is 3.13. The number of ether oxygens (including phenoxy) is 2. The van der Waals surface area contributed by atoms with Crippen molar-refractivity contribution in [2.45, 2.75) is 19.8 Å². The van der Waals surface area contributed by atoms with Crippen molar-refractivity contribution < 1.29 is 14.3 Å². The van der Waals surface area contributed by atoms with Crippen LogP contribution in [-0.2, 0) is 9.53 Å². The van der Waals surface area contributed by atoms with Crippen LogP contribution < -0.4 is 10.1 Å². The van der Waals surface area contributed by atoms with Crippen LogP contribution in [0.5, 0.6) is 5.88 Å². The lowest BCUT2D eigenvalue weighted by Gasteiger charge is -2.31. The largest absolute Gasteiger partial charge is 0.478 e. The Balaban J connectivity index is 2.30. The summed E-state index contributed by atoms with van der Waals surface area (Å²) in [6.45, 7) is 4.27. The SMILES string of the molecule is CCOc1nccc2c1C(c1ccccc1Br)C(C(=O)OC)=C(C)N2. The summed E-state index contributed by atoms with van der Waals surface area (Å²) in [6, 6.07) is 9.72. The van der Waals surface area contributed by atoms with Gasteiger partial charge >= 0.3 is 5.97 Å². The number of benzene rings is 1. The predicted octanol–water partition coefficient (Wildman–Crippen LogP) is 4.25. The molecule has 0 fully saturated rings. The Morgan fingerprint density at radius 2 is 2.08 bits per heavy atom. The minimum atomic E-state index is -0.372. The van der Waals surface area contributed by atoms with Crippen molar-refractivity contribution in [1.29, 1.82) is 0 Å². The Bertz CT molecular complexity index is 848. The van der Waals surface area contributed by atoms with Crippen LogP contribution in [0.4, 0.5) is 5.69 Å². The van der Waals surface area contributed by atoms with Gasteiger partial charge in [0.25, 0.3) is 0 Å². The van der Waals surface area contributed by atoms with E-state index in [-0.39, 0.29) is 11.9 Å². The molecule has 0 bridgehead atoms. The van der Waals surface area contributed by atoms with Gasteiger partial charge in [0.2, 0.25) is 5.88 Å². The molecule has 130 valence electrons. The van der Waals surface area contributed by atoms with Crippen LogP contribution in [0, 0.1) is 0 Å². The van der Waals surface area contributed by atoms with Crippen molar-refractivity contribution in [2.24, 2.45) is 0 Å². The van der Waals surface area contributed by atoms with E-state index in [9.17, 15) is 4.79 Å². The quantitative estimate of drug-likeness (QED) is 0.774. The topological polar surface area (TPSA) is 60.5 Å². The molecule has 1 aromatic carbocycles. The van der Waals surface area contributed by atoms with Gasteiger partial charge < -0.3 is 14.8 Å². The molecule has 0 saturated carbocycles. The molecule has 1 aliphatic heterocycles. The maximum absolute atomic E-state index is 12.6. The van der Waals surface area contributed by atoms with Gasteiger partial charge in [-0.25, -0.2) is 9.78 Å². The van der Waals surface area contributed by atoms with Gasteiger partial charge in [-0.15, -0.1) is 0 Å². The second-order valence-electron chi connectivity index (χ2n) is 5.62. The minimum absolute atomic E-state index is 0.338. The van der Waals surface area contributed by atoms with Crippen molar-refractivity contribution in [2.75, 3.05) is 19.0 Å². The molecule has 0 spiro atoms. The van der Waals surface area contributed by atoms with Crippen LogP contribution in [0.1, 0.15) is 30.9 Å². The maximum atomic E-state index is 12.6. The number of pyridine rings is 1. The lowest BCUT2D eigenvalue weighted by molar-refractivity contribution is -0.136. The van der Waals surface area contributed by atoms with E-state index in [4.69, 9.17) is 9.47 Å². The lowest BCUT2D eigenvalue weighted by atomic mass is 9.81. The zero-order chi connectivity index (χ0) is 18.0. The second kappa shape index (κ2) is 7.27. The molecule has 0 saturated heterocycles. The third-order valence-corrected chi connectivity index (χ3v) is 4.88. The normalized spacial score (nSPS) is 16.1. The highest BCUT2D eigenvalue weighted by Gasteiger charge is 2.36. The Hall–Kier alpha value is -2.34. The van der Waals surface area contributed by atoms with Crippen molar-refractivity contribution in [1.82, 2.24) is 4.98 Å². The number of esters is 1. The molecule has 1 aromatic heterocycles. The first kappa shape index (κ1) is 17.5. The highest BCUT2D eigenvalue weighted by atomic mass is 79.9. The zero-order valence-corrected chi connectivity index (χ0v) is 15.9. The number of halogens is 1. The Morgan fingerprint density at radius 3 is 2.76 bits per heavy atom. The van der Waals surface area contributed by atoms with Crippen molar-refractivity contribution in [3.8, 4) is 5.88 Å². The maximum Gasteiger partial charge on any atom is 0.336 e. The van der Waals surface area contributed by atoms with Crippen molar-refractivity contribution in [3.05, 3.63) is 63.4 Å². The average molecular weight is 403 g/mol.